The Labute approximate surface area is 84.7 Å². The first kappa shape index (κ1) is 8.49. The molecule has 2 aliphatic rings. The fourth-order valence-corrected chi connectivity index (χ4v) is 1.78. The number of hydrogen-bond acceptors (Lipinski definition) is 3. The van der Waals surface area contributed by atoms with Gasteiger partial charge >= 0.3 is 0 Å². The molecule has 0 spiro atoms. The van der Waals surface area contributed by atoms with E-state index in [1.165, 1.54) is 6.20 Å². The molecule has 0 bridgehead atoms. The van der Waals surface area contributed by atoms with Crippen molar-refractivity contribution in [2.24, 2.45) is 9.98 Å². The van der Waals surface area contributed by atoms with Crippen molar-refractivity contribution in [1.82, 2.24) is 0 Å². The number of nitrogens with zero attached hydrogens (tertiary/aromatic N) is 3. The van der Waals surface area contributed by atoms with Gasteiger partial charge in [-0.2, -0.15) is 5.26 Å². The third kappa shape index (κ3) is 1.28. The molecule has 0 atom stereocenters. The average molecular weight is 212 g/mol. The zero-order chi connectivity index (χ0) is 9.42. The van der Waals surface area contributed by atoms with Crippen LogP contribution in [0.15, 0.2) is 32.4 Å². The van der Waals surface area contributed by atoms with Crippen molar-refractivity contribution in [1.29, 1.82) is 5.26 Å². The van der Waals surface area contributed by atoms with Gasteiger partial charge in [-0.15, -0.1) is 0 Å². The minimum atomic E-state index is 0.385. The molecule has 0 fully saturated rings. The third-order valence-electron chi connectivity index (χ3n) is 1.73. The molecule has 2 rings (SSSR count). The van der Waals surface area contributed by atoms with Crippen LogP contribution >= 0.6 is 23.2 Å². The lowest BCUT2D eigenvalue weighted by atomic mass is 10.1. The summed E-state index contributed by atoms with van der Waals surface area (Å²) in [5.41, 5.74) is 1.07. The monoisotopic (exact) mass is 211 g/mol. The molecule has 2 aliphatic heterocycles. The maximum atomic E-state index is 8.72. The van der Waals surface area contributed by atoms with E-state index in [-0.39, 0.29) is 0 Å². The Morgan fingerprint density at radius 3 is 2.92 bits per heavy atom. The highest BCUT2D eigenvalue weighted by Crippen LogP contribution is 2.31. The second-order valence-electron chi connectivity index (χ2n) is 2.55. The standard InChI is InChI=1S/C8H3Cl2N3/c9-5-1-6(10)13-8-7(5)4(2-11)3-12-8/h3H,1H2. The molecule has 3 nitrogen and oxygen atoms in total. The first-order valence-electron chi connectivity index (χ1n) is 3.53. The van der Waals surface area contributed by atoms with Crippen molar-refractivity contribution in [3.8, 4) is 6.07 Å². The predicted octanol–water partition coefficient (Wildman–Crippen LogP) is 2.34. The minimum Gasteiger partial charge on any atom is -0.235 e. The quantitative estimate of drug-likeness (QED) is 0.607. The van der Waals surface area contributed by atoms with Crippen LogP contribution < -0.4 is 0 Å². The second kappa shape index (κ2) is 2.99. The zero-order valence-corrected chi connectivity index (χ0v) is 7.89. The van der Waals surface area contributed by atoms with Crippen LogP contribution in [0, 0.1) is 11.3 Å². The number of amidine groups is 1. The number of halogens is 2. The molecule has 13 heavy (non-hydrogen) atoms. The fourth-order valence-electron chi connectivity index (χ4n) is 1.18. The second-order valence-corrected chi connectivity index (χ2v) is 3.44. The van der Waals surface area contributed by atoms with E-state index in [1.807, 2.05) is 6.07 Å². The van der Waals surface area contributed by atoms with Crippen LogP contribution in [0.4, 0.5) is 0 Å². The molecule has 0 saturated heterocycles. The smallest absolute Gasteiger partial charge is 0.163 e. The molecule has 0 unspecified atom stereocenters. The van der Waals surface area contributed by atoms with Gasteiger partial charge in [0.1, 0.15) is 11.2 Å². The van der Waals surface area contributed by atoms with Crippen molar-refractivity contribution in [3.63, 3.8) is 0 Å². The number of aliphatic imine (C=N–C) groups is 2. The lowest BCUT2D eigenvalue weighted by molar-refractivity contribution is 1.35. The van der Waals surface area contributed by atoms with Crippen molar-refractivity contribution in [3.05, 3.63) is 22.4 Å². The summed E-state index contributed by atoms with van der Waals surface area (Å²) in [5, 5.41) is 9.66. The molecule has 0 aromatic carbocycles. The Balaban J connectivity index is 2.51. The molecule has 2 heterocycles. The minimum absolute atomic E-state index is 0.385. The van der Waals surface area contributed by atoms with Gasteiger partial charge in [0.2, 0.25) is 0 Å². The maximum Gasteiger partial charge on any atom is 0.163 e. The summed E-state index contributed by atoms with van der Waals surface area (Å²) in [5.74, 6) is 0.442. The summed E-state index contributed by atoms with van der Waals surface area (Å²) in [4.78, 5) is 7.91. The Bertz CT molecular complexity index is 435. The van der Waals surface area contributed by atoms with E-state index in [4.69, 9.17) is 28.5 Å². The molecule has 5 heteroatoms. The van der Waals surface area contributed by atoms with Gasteiger partial charge in [-0.25, -0.2) is 9.98 Å². The van der Waals surface area contributed by atoms with Gasteiger partial charge in [0.15, 0.2) is 5.84 Å². The highest BCUT2D eigenvalue weighted by Gasteiger charge is 2.25. The molecule has 0 aliphatic carbocycles. The number of hydrogen-bond donors (Lipinski definition) is 0. The number of dihydropyridines is 1. The first-order chi connectivity index (χ1) is 6.22. The Kier molecular flexibility index (Phi) is 1.95. The van der Waals surface area contributed by atoms with Gasteiger partial charge in [0, 0.05) is 17.7 Å². The summed E-state index contributed by atoms with van der Waals surface area (Å²) in [6, 6.07) is 2.00. The zero-order valence-electron chi connectivity index (χ0n) is 6.38. The molecule has 0 N–H and O–H groups in total. The summed E-state index contributed by atoms with van der Waals surface area (Å²) in [6.07, 6.45) is 1.84. The lowest BCUT2D eigenvalue weighted by Gasteiger charge is -2.09. The summed E-state index contributed by atoms with van der Waals surface area (Å²) in [7, 11) is 0. The van der Waals surface area contributed by atoms with Gasteiger partial charge in [0.05, 0.1) is 11.1 Å². The largest absolute Gasteiger partial charge is 0.235 e. The number of allylic oxidation sites excluding steroid dienone is 1. The van der Waals surface area contributed by atoms with Gasteiger partial charge in [-0.1, -0.05) is 23.2 Å². The van der Waals surface area contributed by atoms with Crippen LogP contribution in [-0.4, -0.2) is 11.0 Å². The van der Waals surface area contributed by atoms with Crippen molar-refractivity contribution < 1.29 is 0 Å². The Morgan fingerprint density at radius 1 is 1.46 bits per heavy atom. The van der Waals surface area contributed by atoms with Gasteiger partial charge in [0.25, 0.3) is 0 Å². The molecule has 64 valence electrons. The third-order valence-corrected chi connectivity index (χ3v) is 2.27. The van der Waals surface area contributed by atoms with Crippen LogP contribution in [0.5, 0.6) is 0 Å². The van der Waals surface area contributed by atoms with Crippen LogP contribution in [-0.2, 0) is 0 Å². The van der Waals surface area contributed by atoms with E-state index < -0.39 is 0 Å². The summed E-state index contributed by atoms with van der Waals surface area (Å²) >= 11 is 11.6. The van der Waals surface area contributed by atoms with Crippen molar-refractivity contribution >= 4 is 34.2 Å². The van der Waals surface area contributed by atoms with Crippen LogP contribution in [0.2, 0.25) is 0 Å². The van der Waals surface area contributed by atoms with E-state index in [1.54, 1.807) is 0 Å². The van der Waals surface area contributed by atoms with E-state index in [0.29, 0.717) is 33.6 Å². The van der Waals surface area contributed by atoms with E-state index in [0.717, 1.165) is 0 Å². The van der Waals surface area contributed by atoms with Gasteiger partial charge in [-0.05, 0) is 0 Å². The van der Waals surface area contributed by atoms with Crippen LogP contribution in [0.1, 0.15) is 6.42 Å². The average Bonchev–Trinajstić information content (AvgIpc) is 2.47. The predicted molar refractivity (Wildman–Crippen MR) is 51.9 cm³/mol. The first-order valence-corrected chi connectivity index (χ1v) is 4.28. The topological polar surface area (TPSA) is 48.5 Å². The summed E-state index contributed by atoms with van der Waals surface area (Å²) < 4.78 is 0. The molecular weight excluding hydrogens is 209 g/mol. The van der Waals surface area contributed by atoms with Crippen LogP contribution in [0.25, 0.3) is 0 Å². The van der Waals surface area contributed by atoms with Gasteiger partial charge < -0.3 is 0 Å². The molecular formula is C8H3Cl2N3. The van der Waals surface area contributed by atoms with Crippen molar-refractivity contribution in [2.45, 2.75) is 6.42 Å². The molecule has 0 radical (unpaired) electrons. The SMILES string of the molecule is N#CC1=CN=C2N=C(Cl)CC(Cl)=C12. The normalized spacial score (nSPS) is 20.2. The van der Waals surface area contributed by atoms with E-state index >= 15 is 0 Å². The Morgan fingerprint density at radius 2 is 2.23 bits per heavy atom. The molecule has 0 amide bonds. The highest BCUT2D eigenvalue weighted by molar-refractivity contribution is 6.67. The number of rotatable bonds is 0. The number of nitriles is 1. The Hall–Kier alpha value is -1.11. The van der Waals surface area contributed by atoms with E-state index in [9.17, 15) is 0 Å². The fraction of sp³-hybridized carbons (Fsp3) is 0.125. The highest BCUT2D eigenvalue weighted by atomic mass is 35.5. The number of fused-ring (bicyclic) bond motifs is 1. The molecule has 0 aromatic heterocycles. The van der Waals surface area contributed by atoms with E-state index in [2.05, 4.69) is 9.98 Å². The lowest BCUT2D eigenvalue weighted by Crippen LogP contribution is -2.09. The summed E-state index contributed by atoms with van der Waals surface area (Å²) in [6.45, 7) is 0. The maximum absolute atomic E-state index is 8.72. The van der Waals surface area contributed by atoms with Gasteiger partial charge in [-0.3, -0.25) is 0 Å². The molecule has 0 saturated carbocycles. The van der Waals surface area contributed by atoms with Crippen molar-refractivity contribution in [2.75, 3.05) is 0 Å². The van der Waals surface area contributed by atoms with Crippen LogP contribution in [0.3, 0.4) is 0 Å². The molecule has 0 aromatic rings.